The predicted octanol–water partition coefficient (Wildman–Crippen LogP) is 11.9. The number of carbonyl (C=O) groups is 4. The Kier molecular flexibility index (Phi) is 23.5. The van der Waals surface area contributed by atoms with Crippen LogP contribution in [0.15, 0.2) is 170 Å². The van der Waals surface area contributed by atoms with Gasteiger partial charge in [0.15, 0.2) is 69.7 Å². The zero-order valence-electron chi connectivity index (χ0n) is 54.6. The molecule has 0 bridgehead atoms. The molecule has 9 rings (SSSR count). The van der Waals surface area contributed by atoms with Gasteiger partial charge in [-0.2, -0.15) is 0 Å². The number of rotatable bonds is 27. The Morgan fingerprint density at radius 3 is 1.32 bits per heavy atom. The van der Waals surface area contributed by atoms with Crippen LogP contribution in [0.5, 0.6) is 34.5 Å². The molecule has 22 heteroatoms. The van der Waals surface area contributed by atoms with E-state index in [0.29, 0.717) is 46.5 Å². The fraction of sp³-hybridized carbons (Fsp3) is 0.437. The molecule has 0 spiro atoms. The smallest absolute Gasteiger partial charge is 0.344 e. The zero-order chi connectivity index (χ0) is 66.3. The van der Waals surface area contributed by atoms with E-state index in [1.165, 1.54) is 0 Å². The maximum Gasteiger partial charge on any atom is 0.344 e. The first kappa shape index (κ1) is 69.5. The quantitative estimate of drug-likeness (QED) is 0.0266. The lowest BCUT2D eigenvalue weighted by molar-refractivity contribution is -0.391. The topological polar surface area (TPSA) is 216 Å². The highest BCUT2D eigenvalue weighted by molar-refractivity contribution is 6.75. The summed E-state index contributed by atoms with van der Waals surface area (Å²) in [4.78, 5) is 57.0. The Morgan fingerprint density at radius 1 is 0.462 bits per heavy atom. The molecule has 3 saturated heterocycles. The van der Waals surface area contributed by atoms with E-state index >= 15 is 0 Å². The molecule has 0 aromatic heterocycles. The standard InChI is InChI=1S/C71H86O20Si2/c1-47-61(84-57(72)43-77-50-29-19-13-20-30-50)63(85-58(73)44-78-51-31-21-14-22-32-51)66(87-60(75)46-80-53-35-25-16-26-36-53)69(82-47)89-64-62-56(42-81-67(88-62)49-27-17-12-18-28-49)83-68(65(64)86-59(74)45-79-52-33-23-15-24-34-52)76-40-39-48-37-38-54(90-92(8,9)70(2,3)4)55(41-48)91-93(10,11)71(5,6)7/h12-38,41,47,56,61-69H,39-40,42-46H2,1-11H3/t47-,56+,61-,62+,63+,64-,65+,66+,67?,68+,69-/m0/s1. The van der Waals surface area contributed by atoms with Crippen molar-refractivity contribution >= 4 is 40.5 Å². The minimum atomic E-state index is -2.41. The van der Waals surface area contributed by atoms with Crippen LogP contribution in [0.4, 0.5) is 0 Å². The van der Waals surface area contributed by atoms with Gasteiger partial charge >= 0.3 is 23.9 Å². The van der Waals surface area contributed by atoms with Crippen molar-refractivity contribution in [3.05, 3.63) is 181 Å². The summed E-state index contributed by atoms with van der Waals surface area (Å²) in [5.41, 5.74) is 1.50. The Hall–Kier alpha value is -7.81. The summed E-state index contributed by atoms with van der Waals surface area (Å²) >= 11 is 0. The molecule has 6 aromatic carbocycles. The van der Waals surface area contributed by atoms with E-state index in [-0.39, 0.29) is 23.3 Å². The van der Waals surface area contributed by atoms with E-state index in [4.69, 9.17) is 75.2 Å². The van der Waals surface area contributed by atoms with Gasteiger partial charge in [0.1, 0.15) is 52.8 Å². The fourth-order valence-corrected chi connectivity index (χ4v) is 11.8. The molecule has 0 saturated carbocycles. The van der Waals surface area contributed by atoms with Crippen molar-refractivity contribution in [2.24, 2.45) is 0 Å². The van der Waals surface area contributed by atoms with Crippen LogP contribution in [-0.2, 0) is 73.0 Å². The highest BCUT2D eigenvalue weighted by Crippen LogP contribution is 2.45. The first-order chi connectivity index (χ1) is 44.4. The number of hydrogen-bond donors (Lipinski definition) is 0. The van der Waals surface area contributed by atoms with Gasteiger partial charge in [0, 0.05) is 5.56 Å². The molecule has 6 aromatic rings. The Morgan fingerprint density at radius 2 is 0.871 bits per heavy atom. The lowest BCUT2D eigenvalue weighted by atomic mass is 9.95. The molecule has 3 fully saturated rings. The van der Waals surface area contributed by atoms with Crippen molar-refractivity contribution in [3.8, 4) is 34.5 Å². The van der Waals surface area contributed by atoms with Crippen molar-refractivity contribution in [3.63, 3.8) is 0 Å². The van der Waals surface area contributed by atoms with Crippen molar-refractivity contribution in [2.45, 2.75) is 159 Å². The van der Waals surface area contributed by atoms with E-state index in [9.17, 15) is 19.2 Å². The van der Waals surface area contributed by atoms with Gasteiger partial charge in [-0.25, -0.2) is 19.2 Å². The van der Waals surface area contributed by atoms with Gasteiger partial charge in [-0.05, 0) is 116 Å². The molecule has 3 aliphatic rings. The molecule has 3 aliphatic heterocycles. The second-order valence-electron chi connectivity index (χ2n) is 25.9. The van der Waals surface area contributed by atoms with Crippen LogP contribution in [0, 0.1) is 0 Å². The van der Waals surface area contributed by atoms with Crippen LogP contribution >= 0.6 is 0 Å². The van der Waals surface area contributed by atoms with Gasteiger partial charge in [0.25, 0.3) is 16.6 Å². The predicted molar refractivity (Wildman–Crippen MR) is 347 cm³/mol. The highest BCUT2D eigenvalue weighted by Gasteiger charge is 2.58. The first-order valence-corrected chi connectivity index (χ1v) is 37.1. The zero-order valence-corrected chi connectivity index (χ0v) is 56.6. The maximum absolute atomic E-state index is 14.5. The van der Waals surface area contributed by atoms with Crippen molar-refractivity contribution in [1.82, 2.24) is 0 Å². The van der Waals surface area contributed by atoms with Gasteiger partial charge < -0.3 is 75.2 Å². The number of para-hydroxylation sites is 4. The second-order valence-corrected chi connectivity index (χ2v) is 35.3. The number of benzene rings is 6. The third-order valence-corrected chi connectivity index (χ3v) is 25.6. The van der Waals surface area contributed by atoms with Crippen LogP contribution in [0.3, 0.4) is 0 Å². The third-order valence-electron chi connectivity index (χ3n) is 16.9. The molecule has 3 heterocycles. The summed E-state index contributed by atoms with van der Waals surface area (Å²) in [6.45, 7) is 21.0. The van der Waals surface area contributed by atoms with Gasteiger partial charge in [0.05, 0.1) is 19.3 Å². The van der Waals surface area contributed by atoms with Crippen LogP contribution in [0.25, 0.3) is 0 Å². The summed E-state index contributed by atoms with van der Waals surface area (Å²) in [5, 5.41) is -0.221. The molecule has 20 nitrogen and oxygen atoms in total. The molecule has 1 unspecified atom stereocenters. The van der Waals surface area contributed by atoms with Crippen LogP contribution in [0.2, 0.25) is 36.3 Å². The average molecular weight is 1320 g/mol. The molecule has 11 atom stereocenters. The summed E-state index contributed by atoms with van der Waals surface area (Å²) < 4.78 is 103. The molecule has 0 radical (unpaired) electrons. The fourth-order valence-electron chi connectivity index (χ4n) is 9.80. The van der Waals surface area contributed by atoms with Crippen LogP contribution in [0.1, 0.15) is 65.9 Å². The van der Waals surface area contributed by atoms with Gasteiger partial charge in [-0.1, -0.05) is 151 Å². The molecular weight excluding hydrogens is 1230 g/mol. The van der Waals surface area contributed by atoms with E-state index < -0.39 is 135 Å². The van der Waals surface area contributed by atoms with Crippen LogP contribution < -0.4 is 27.8 Å². The highest BCUT2D eigenvalue weighted by atomic mass is 28.4. The normalized spacial score (nSPS) is 23.2. The lowest BCUT2D eigenvalue weighted by Crippen LogP contribution is -2.67. The van der Waals surface area contributed by atoms with Crippen molar-refractivity contribution < 1.29 is 94.3 Å². The van der Waals surface area contributed by atoms with Gasteiger partial charge in [-0.3, -0.25) is 0 Å². The SMILES string of the molecule is C[C@@H]1O[C@@H](O[C@@H]2[C@@H](OC(=O)COc3ccccc3)[C@H](OCCc3ccc(O[Si](C)(C)C(C)(C)C)c(O[Si](C)(C)C(C)(C)C)c3)O[C@@H]3COC(c4ccccc4)O[C@@H]23)[C@H](OC(=O)COc2ccccc2)[C@H](OC(=O)COc2ccccc2)[C@H]1OC(=O)COc1ccccc1. The molecular formula is C71H86O20Si2. The van der Waals surface area contributed by atoms with Crippen molar-refractivity contribution in [1.29, 1.82) is 0 Å². The molecule has 0 amide bonds. The first-order valence-electron chi connectivity index (χ1n) is 31.3. The second kappa shape index (κ2) is 31.4. The number of fused-ring (bicyclic) bond motifs is 1. The molecule has 498 valence electrons. The summed E-state index contributed by atoms with van der Waals surface area (Å²) in [7, 11) is -4.74. The minimum Gasteiger partial charge on any atom is -0.541 e. The molecule has 0 aliphatic carbocycles. The van der Waals surface area contributed by atoms with Crippen LogP contribution in [-0.4, -0.2) is 142 Å². The van der Waals surface area contributed by atoms with E-state index in [0.717, 1.165) is 5.56 Å². The lowest BCUT2D eigenvalue weighted by Gasteiger charge is -2.50. The largest absolute Gasteiger partial charge is 0.541 e. The molecule has 93 heavy (non-hydrogen) atoms. The Bertz CT molecular complexity index is 3350. The monoisotopic (exact) mass is 1310 g/mol. The number of hydrogen-bond acceptors (Lipinski definition) is 20. The number of esters is 4. The van der Waals surface area contributed by atoms with Crippen molar-refractivity contribution in [2.75, 3.05) is 39.6 Å². The van der Waals surface area contributed by atoms with E-state index in [1.54, 1.807) is 122 Å². The summed E-state index contributed by atoms with van der Waals surface area (Å²) in [6, 6.07) is 49.6. The maximum atomic E-state index is 14.5. The van der Waals surface area contributed by atoms with E-state index in [2.05, 4.69) is 67.7 Å². The number of ether oxygens (including phenoxy) is 14. The minimum absolute atomic E-state index is 0.00237. The Labute approximate surface area is 546 Å². The van der Waals surface area contributed by atoms with Gasteiger partial charge in [-0.15, -0.1) is 0 Å². The third kappa shape index (κ3) is 19.2. The Balaban J connectivity index is 1.08. The molecule has 0 N–H and O–H groups in total. The van der Waals surface area contributed by atoms with E-state index in [1.807, 2.05) is 54.6 Å². The van der Waals surface area contributed by atoms with Gasteiger partial charge in [0.2, 0.25) is 0 Å². The summed E-state index contributed by atoms with van der Waals surface area (Å²) in [5.74, 6) is -0.859. The number of carbonyl (C=O) groups excluding carboxylic acids is 4. The summed E-state index contributed by atoms with van der Waals surface area (Å²) in [6.07, 6.45) is -15.1. The average Bonchev–Trinajstić information content (AvgIpc) is 0.815.